The first-order chi connectivity index (χ1) is 8.15. The molecule has 1 atom stereocenters. The van der Waals surface area contributed by atoms with Gasteiger partial charge in [0.05, 0.1) is 0 Å². The quantitative estimate of drug-likeness (QED) is 0.229. The summed E-state index contributed by atoms with van der Waals surface area (Å²) in [6.45, 7) is 8.72. The average molecular weight is 399 g/mol. The fourth-order valence-corrected chi connectivity index (χ4v) is 4.89. The molecule has 1 fully saturated rings. The molecule has 102 valence electrons. The van der Waals surface area contributed by atoms with Crippen LogP contribution in [0, 0.1) is 5.41 Å². The molecule has 0 spiro atoms. The molecule has 0 heterocycles. The van der Waals surface area contributed by atoms with Crippen LogP contribution in [-0.4, -0.2) is 14.8 Å². The third-order valence-electron chi connectivity index (χ3n) is 3.19. The summed E-state index contributed by atoms with van der Waals surface area (Å²) < 4.78 is 0.106. The number of hydrogen-bond donors (Lipinski definition) is 1. The van der Waals surface area contributed by atoms with Crippen molar-refractivity contribution in [1.29, 1.82) is 0 Å². The number of nitrogens with two attached hydrogens (primary N) is 1. The minimum Gasteiger partial charge on any atom is -0.378 e. The summed E-state index contributed by atoms with van der Waals surface area (Å²) in [7, 11) is 0. The van der Waals surface area contributed by atoms with Crippen LogP contribution in [0.5, 0.6) is 0 Å². The summed E-state index contributed by atoms with van der Waals surface area (Å²) in [5.41, 5.74) is 8.18. The Labute approximate surface area is 133 Å². The number of amidine groups is 1. The zero-order valence-electron chi connectivity index (χ0n) is 11.5. The number of halogens is 2. The summed E-state index contributed by atoms with van der Waals surface area (Å²) in [5, 5.41) is 1.03. The van der Waals surface area contributed by atoms with Crippen molar-refractivity contribution in [1.82, 2.24) is 0 Å². The summed E-state index contributed by atoms with van der Waals surface area (Å²) in [6, 6.07) is 0. The fraction of sp³-hybridized carbons (Fsp3) is 0.615. The first kappa shape index (κ1) is 16.4. The zero-order valence-corrected chi connectivity index (χ0v) is 15.2. The number of hydrogen-bond acceptors (Lipinski definition) is 2. The monoisotopic (exact) mass is 398 g/mol. The third-order valence-corrected chi connectivity index (χ3v) is 4.94. The molecule has 2 N–H and O–H groups in total. The number of nitrogens with zero attached hydrogens (tertiary/aromatic N) is 1. The predicted octanol–water partition coefficient (Wildman–Crippen LogP) is 4.68. The third kappa shape index (κ3) is 3.25. The van der Waals surface area contributed by atoms with E-state index in [-0.39, 0.29) is 8.84 Å². The van der Waals surface area contributed by atoms with Crippen molar-refractivity contribution in [3.63, 3.8) is 0 Å². The zero-order chi connectivity index (χ0) is 14.1. The molecule has 1 aliphatic rings. The molecule has 1 aliphatic carbocycles. The Morgan fingerprint density at radius 1 is 1.50 bits per heavy atom. The van der Waals surface area contributed by atoms with E-state index in [1.807, 2.05) is 6.26 Å². The van der Waals surface area contributed by atoms with Gasteiger partial charge in [0.2, 0.25) is 0 Å². The number of aliphatic imine (C=N–C) groups is 1. The minimum absolute atomic E-state index is 0.0249. The van der Waals surface area contributed by atoms with E-state index in [1.54, 1.807) is 0 Å². The van der Waals surface area contributed by atoms with Crippen molar-refractivity contribution in [2.45, 2.75) is 37.5 Å². The van der Waals surface area contributed by atoms with Gasteiger partial charge in [0, 0.05) is 3.42 Å². The van der Waals surface area contributed by atoms with Crippen LogP contribution in [0.1, 0.15) is 34.1 Å². The highest BCUT2D eigenvalue weighted by atomic mass is 127. The molecule has 0 aromatic rings. The van der Waals surface area contributed by atoms with Gasteiger partial charge in [-0.15, -0.1) is 0 Å². The molecular formula is C13H20ClIN2S. The smallest absolute Gasteiger partial charge is 0.159 e. The molecular weight excluding hydrogens is 379 g/mol. The second-order valence-electron chi connectivity index (χ2n) is 5.28. The normalized spacial score (nSPS) is 33.1. The molecule has 0 radical (unpaired) electrons. The van der Waals surface area contributed by atoms with Crippen molar-refractivity contribution in [3.05, 3.63) is 22.4 Å². The van der Waals surface area contributed by atoms with Gasteiger partial charge in [-0.3, -0.25) is 0 Å². The summed E-state index contributed by atoms with van der Waals surface area (Å²) in [4.78, 5) is 4.30. The highest BCUT2D eigenvalue weighted by Crippen LogP contribution is 2.57. The first-order valence-corrected chi connectivity index (χ1v) is 8.48. The number of alkyl halides is 1. The largest absolute Gasteiger partial charge is 0.378 e. The van der Waals surface area contributed by atoms with Crippen molar-refractivity contribution in [2.24, 2.45) is 16.1 Å². The number of thioether (sulfide) groups is 1. The van der Waals surface area contributed by atoms with Gasteiger partial charge in [-0.1, -0.05) is 65.9 Å². The molecule has 0 aromatic heterocycles. The number of allylic oxidation sites excluding steroid dienone is 3. The maximum Gasteiger partial charge on any atom is 0.159 e. The molecule has 1 rings (SSSR count). The van der Waals surface area contributed by atoms with Crippen molar-refractivity contribution in [3.8, 4) is 0 Å². The van der Waals surface area contributed by atoms with Crippen molar-refractivity contribution < 1.29 is 0 Å². The van der Waals surface area contributed by atoms with Crippen LogP contribution < -0.4 is 5.73 Å². The Hall–Kier alpha value is 0.320. The SMILES string of the molecule is CC=C1/C(=C(/Cl)N=C(N)SC)C(C)(C)C[C@@]1(C)I. The molecule has 0 unspecified atom stereocenters. The van der Waals surface area contributed by atoms with E-state index >= 15 is 0 Å². The van der Waals surface area contributed by atoms with Crippen LogP contribution >= 0.6 is 46.0 Å². The highest BCUT2D eigenvalue weighted by molar-refractivity contribution is 14.1. The van der Waals surface area contributed by atoms with E-state index in [0.29, 0.717) is 10.3 Å². The molecule has 18 heavy (non-hydrogen) atoms. The lowest BCUT2D eigenvalue weighted by Crippen LogP contribution is -2.14. The topological polar surface area (TPSA) is 38.4 Å². The molecule has 0 saturated heterocycles. The molecule has 0 bridgehead atoms. The maximum absolute atomic E-state index is 6.40. The molecule has 0 aliphatic heterocycles. The second-order valence-corrected chi connectivity index (χ2v) is 8.85. The van der Waals surface area contributed by atoms with Gasteiger partial charge in [-0.25, -0.2) is 4.99 Å². The lowest BCUT2D eigenvalue weighted by atomic mass is 9.86. The first-order valence-electron chi connectivity index (χ1n) is 5.80. The molecule has 1 saturated carbocycles. The van der Waals surface area contributed by atoms with Crippen LogP contribution in [-0.2, 0) is 0 Å². The van der Waals surface area contributed by atoms with Crippen LogP contribution in [0.25, 0.3) is 0 Å². The van der Waals surface area contributed by atoms with Crippen LogP contribution in [0.15, 0.2) is 27.4 Å². The Balaban J connectivity index is 3.41. The number of rotatable bonds is 1. The lowest BCUT2D eigenvalue weighted by Gasteiger charge is -2.20. The van der Waals surface area contributed by atoms with E-state index in [4.69, 9.17) is 17.3 Å². The molecule has 2 nitrogen and oxygen atoms in total. The van der Waals surface area contributed by atoms with E-state index < -0.39 is 0 Å². The standard InChI is InChI=1S/C13H20ClIN2S/c1-6-8-9(10(14)17-11(16)18-5)12(2,3)7-13(8,4)15/h6H,7H2,1-5H3,(H2,16,17)/b8-6?,10-9+/t13-/m1/s1. The Bertz CT molecular complexity index is 436. The van der Waals surface area contributed by atoms with E-state index in [0.717, 1.165) is 12.0 Å². The van der Waals surface area contributed by atoms with Gasteiger partial charge in [0.25, 0.3) is 0 Å². The average Bonchev–Trinajstić information content (AvgIpc) is 2.41. The Morgan fingerprint density at radius 2 is 2.06 bits per heavy atom. The van der Waals surface area contributed by atoms with E-state index in [1.165, 1.54) is 17.3 Å². The van der Waals surface area contributed by atoms with Crippen LogP contribution in [0.2, 0.25) is 0 Å². The summed E-state index contributed by atoms with van der Waals surface area (Å²) in [6.07, 6.45) is 5.09. The van der Waals surface area contributed by atoms with Gasteiger partial charge >= 0.3 is 0 Å². The van der Waals surface area contributed by atoms with Gasteiger partial charge in [-0.05, 0) is 43.1 Å². The molecule has 5 heteroatoms. The Morgan fingerprint density at radius 3 is 2.50 bits per heavy atom. The Kier molecular flexibility index (Phi) is 5.23. The van der Waals surface area contributed by atoms with Gasteiger partial charge < -0.3 is 5.73 Å². The lowest BCUT2D eigenvalue weighted by molar-refractivity contribution is 0.441. The fourth-order valence-electron chi connectivity index (χ4n) is 2.67. The van der Waals surface area contributed by atoms with E-state index in [2.05, 4.69) is 61.4 Å². The van der Waals surface area contributed by atoms with Gasteiger partial charge in [0.1, 0.15) is 5.16 Å². The van der Waals surface area contributed by atoms with Crippen LogP contribution in [0.3, 0.4) is 0 Å². The van der Waals surface area contributed by atoms with Gasteiger partial charge in [-0.2, -0.15) is 0 Å². The van der Waals surface area contributed by atoms with Gasteiger partial charge in [0.15, 0.2) is 5.17 Å². The second kappa shape index (κ2) is 5.75. The summed E-state index contributed by atoms with van der Waals surface area (Å²) in [5.74, 6) is 0. The summed E-state index contributed by atoms with van der Waals surface area (Å²) >= 11 is 10.3. The predicted molar refractivity (Wildman–Crippen MR) is 92.6 cm³/mol. The minimum atomic E-state index is 0.0249. The molecule has 0 amide bonds. The van der Waals surface area contributed by atoms with Crippen molar-refractivity contribution >= 4 is 51.1 Å². The van der Waals surface area contributed by atoms with Crippen molar-refractivity contribution in [2.75, 3.05) is 6.26 Å². The van der Waals surface area contributed by atoms with Crippen LogP contribution in [0.4, 0.5) is 0 Å². The maximum atomic E-state index is 6.40. The molecule has 0 aromatic carbocycles. The van der Waals surface area contributed by atoms with E-state index in [9.17, 15) is 0 Å². The highest BCUT2D eigenvalue weighted by Gasteiger charge is 2.47.